The monoisotopic (exact) mass is 239 g/mol. The van der Waals surface area contributed by atoms with Crippen LogP contribution in [0.25, 0.3) is 0 Å². The highest BCUT2D eigenvalue weighted by molar-refractivity contribution is 5.46. The molecule has 0 saturated carbocycles. The largest absolute Gasteiger partial charge is 1.00 e. The lowest BCUT2D eigenvalue weighted by molar-refractivity contribution is -0.765. The van der Waals surface area contributed by atoms with E-state index in [1.165, 1.54) is 0 Å². The van der Waals surface area contributed by atoms with Crippen LogP contribution in [0.15, 0.2) is 36.7 Å². The molecule has 5 heteroatoms. The molecular formula is C11H14ClN3O. The second-order valence-corrected chi connectivity index (χ2v) is 3.55. The quantitative estimate of drug-likeness (QED) is 0.351. The van der Waals surface area contributed by atoms with Gasteiger partial charge in [0, 0.05) is 11.8 Å². The second kappa shape index (κ2) is 4.90. The van der Waals surface area contributed by atoms with Gasteiger partial charge in [-0.2, -0.15) is 4.68 Å². The summed E-state index contributed by atoms with van der Waals surface area (Å²) in [4.78, 5) is 0. The average molecular weight is 240 g/mol. The molecule has 0 aliphatic heterocycles. The Morgan fingerprint density at radius 2 is 2.19 bits per heavy atom. The van der Waals surface area contributed by atoms with Crippen molar-refractivity contribution in [3.8, 4) is 5.75 Å². The maximum Gasteiger partial charge on any atom is 0.201 e. The van der Waals surface area contributed by atoms with Crippen molar-refractivity contribution in [2.75, 3.05) is 5.73 Å². The number of nitrogen functional groups attached to an aromatic ring is 1. The fourth-order valence-electron chi connectivity index (χ4n) is 1.52. The van der Waals surface area contributed by atoms with Gasteiger partial charge in [0.2, 0.25) is 6.54 Å². The smallest absolute Gasteiger partial charge is 0.201 e. The number of nitrogens with zero attached hydrogens (tertiary/aromatic N) is 2. The van der Waals surface area contributed by atoms with Gasteiger partial charge in [-0.05, 0) is 18.2 Å². The van der Waals surface area contributed by atoms with Crippen LogP contribution in [-0.4, -0.2) is 9.79 Å². The van der Waals surface area contributed by atoms with Crippen molar-refractivity contribution in [3.63, 3.8) is 0 Å². The Morgan fingerprint density at radius 3 is 2.81 bits per heavy atom. The molecule has 0 atom stereocenters. The van der Waals surface area contributed by atoms with Crippen LogP contribution >= 0.6 is 0 Å². The standard InChI is InChI=1S/C11H13N3O.ClH/c1-13-5-2-6-14(13)8-9-7-10(12)3-4-11(9)15;/h2-7H,8,12H2,1H3;1H. The Balaban J connectivity index is 0.00000128. The number of aromatic nitrogens is 2. The SMILES string of the molecule is Cn1ccc[n+]1Cc1cc(N)ccc1O.[Cl-]. The summed E-state index contributed by atoms with van der Waals surface area (Å²) in [6.45, 7) is 0.611. The molecule has 0 bridgehead atoms. The first kappa shape index (κ1) is 12.4. The van der Waals surface area contributed by atoms with E-state index >= 15 is 0 Å². The first-order chi connectivity index (χ1) is 7.16. The van der Waals surface area contributed by atoms with E-state index in [1.54, 1.807) is 18.2 Å². The van der Waals surface area contributed by atoms with Gasteiger partial charge in [-0.25, -0.2) is 0 Å². The molecule has 0 saturated heterocycles. The van der Waals surface area contributed by atoms with Crippen LogP contribution in [0.3, 0.4) is 0 Å². The van der Waals surface area contributed by atoms with Gasteiger partial charge >= 0.3 is 0 Å². The van der Waals surface area contributed by atoms with Crippen molar-refractivity contribution in [2.45, 2.75) is 6.54 Å². The summed E-state index contributed by atoms with van der Waals surface area (Å²) < 4.78 is 3.93. The summed E-state index contributed by atoms with van der Waals surface area (Å²) in [5.74, 6) is 0.276. The maximum absolute atomic E-state index is 9.65. The zero-order valence-electron chi connectivity index (χ0n) is 8.97. The van der Waals surface area contributed by atoms with Crippen molar-refractivity contribution in [3.05, 3.63) is 42.2 Å². The van der Waals surface area contributed by atoms with Crippen molar-refractivity contribution < 1.29 is 22.2 Å². The highest BCUT2D eigenvalue weighted by Gasteiger charge is 2.10. The summed E-state index contributed by atoms with van der Waals surface area (Å²) >= 11 is 0. The fourth-order valence-corrected chi connectivity index (χ4v) is 1.52. The predicted octanol–water partition coefficient (Wildman–Crippen LogP) is -2.35. The molecule has 4 nitrogen and oxygen atoms in total. The molecule has 2 aromatic rings. The maximum atomic E-state index is 9.65. The minimum absolute atomic E-state index is 0. The number of phenolic OH excluding ortho intramolecular Hbond substituents is 1. The van der Waals surface area contributed by atoms with Gasteiger partial charge in [-0.15, -0.1) is 4.68 Å². The molecule has 0 aliphatic carbocycles. The number of anilines is 1. The Bertz CT molecular complexity index is 482. The highest BCUT2D eigenvalue weighted by atomic mass is 35.5. The number of halogens is 1. The minimum atomic E-state index is 0. The molecular weight excluding hydrogens is 226 g/mol. The molecule has 0 radical (unpaired) electrons. The molecule has 86 valence electrons. The number of aromatic hydroxyl groups is 1. The lowest BCUT2D eigenvalue weighted by atomic mass is 10.2. The molecule has 0 unspecified atom stereocenters. The molecule has 2 rings (SSSR count). The third kappa shape index (κ3) is 2.46. The van der Waals surface area contributed by atoms with Gasteiger partial charge in [0.25, 0.3) is 0 Å². The second-order valence-electron chi connectivity index (χ2n) is 3.55. The third-order valence-electron chi connectivity index (χ3n) is 2.40. The van der Waals surface area contributed by atoms with Crippen molar-refractivity contribution >= 4 is 5.69 Å². The first-order valence-corrected chi connectivity index (χ1v) is 4.75. The Morgan fingerprint density at radius 1 is 1.44 bits per heavy atom. The summed E-state index contributed by atoms with van der Waals surface area (Å²) in [5, 5.41) is 9.65. The van der Waals surface area contributed by atoms with E-state index in [1.807, 2.05) is 34.9 Å². The zero-order valence-corrected chi connectivity index (χ0v) is 9.72. The number of hydrogen-bond acceptors (Lipinski definition) is 2. The Labute approximate surface area is 100 Å². The van der Waals surface area contributed by atoms with Gasteiger partial charge in [-0.3, -0.25) is 0 Å². The average Bonchev–Trinajstić information content (AvgIpc) is 2.58. The lowest BCUT2D eigenvalue weighted by Crippen LogP contribution is -3.00. The van der Waals surface area contributed by atoms with Gasteiger partial charge in [0.1, 0.15) is 5.75 Å². The number of nitrogens with two attached hydrogens (primary N) is 1. The van der Waals surface area contributed by atoms with Crippen LogP contribution in [0.4, 0.5) is 5.69 Å². The number of hydrogen-bond donors (Lipinski definition) is 2. The third-order valence-corrected chi connectivity index (χ3v) is 2.40. The highest BCUT2D eigenvalue weighted by Crippen LogP contribution is 2.18. The zero-order chi connectivity index (χ0) is 10.8. The van der Waals surface area contributed by atoms with Crippen LogP contribution in [-0.2, 0) is 13.6 Å². The normalized spacial score (nSPS) is 9.81. The van der Waals surface area contributed by atoms with Crippen LogP contribution in [0, 0.1) is 0 Å². The number of phenols is 1. The molecule has 1 aromatic carbocycles. The summed E-state index contributed by atoms with van der Waals surface area (Å²) in [7, 11) is 1.95. The number of benzene rings is 1. The van der Waals surface area contributed by atoms with Gasteiger partial charge < -0.3 is 23.2 Å². The van der Waals surface area contributed by atoms with E-state index in [4.69, 9.17) is 5.73 Å². The Hall–Kier alpha value is -1.68. The summed E-state index contributed by atoms with van der Waals surface area (Å²) in [6, 6.07) is 7.04. The number of aryl methyl sites for hydroxylation is 1. The molecule has 0 fully saturated rings. The molecule has 1 heterocycles. The molecule has 3 N–H and O–H groups in total. The summed E-state index contributed by atoms with van der Waals surface area (Å²) in [5.41, 5.74) is 7.15. The molecule has 1 aromatic heterocycles. The van der Waals surface area contributed by atoms with Gasteiger partial charge in [-0.1, -0.05) is 0 Å². The molecule has 0 aliphatic rings. The van der Waals surface area contributed by atoms with E-state index in [0.29, 0.717) is 12.2 Å². The van der Waals surface area contributed by atoms with E-state index in [2.05, 4.69) is 0 Å². The van der Waals surface area contributed by atoms with Gasteiger partial charge in [0.15, 0.2) is 6.20 Å². The van der Waals surface area contributed by atoms with Crippen molar-refractivity contribution in [1.29, 1.82) is 0 Å². The molecule has 0 amide bonds. The van der Waals surface area contributed by atoms with E-state index in [9.17, 15) is 5.11 Å². The van der Waals surface area contributed by atoms with Crippen molar-refractivity contribution in [2.24, 2.45) is 7.05 Å². The molecule has 0 spiro atoms. The number of rotatable bonds is 2. The predicted molar refractivity (Wildman–Crippen MR) is 57.2 cm³/mol. The Kier molecular flexibility index (Phi) is 3.79. The van der Waals surface area contributed by atoms with Crippen LogP contribution in [0.1, 0.15) is 5.56 Å². The van der Waals surface area contributed by atoms with E-state index in [-0.39, 0.29) is 18.2 Å². The van der Waals surface area contributed by atoms with E-state index < -0.39 is 0 Å². The van der Waals surface area contributed by atoms with E-state index in [0.717, 1.165) is 5.56 Å². The molecule has 16 heavy (non-hydrogen) atoms. The van der Waals surface area contributed by atoms with Crippen molar-refractivity contribution in [1.82, 2.24) is 4.68 Å². The topological polar surface area (TPSA) is 55.1 Å². The minimum Gasteiger partial charge on any atom is -1.00 e. The van der Waals surface area contributed by atoms with Crippen LogP contribution in [0.2, 0.25) is 0 Å². The van der Waals surface area contributed by atoms with Crippen LogP contribution < -0.4 is 22.8 Å². The lowest BCUT2D eigenvalue weighted by Gasteiger charge is -2.02. The first-order valence-electron chi connectivity index (χ1n) is 4.75. The summed E-state index contributed by atoms with van der Waals surface area (Å²) in [6.07, 6.45) is 3.89. The fraction of sp³-hybridized carbons (Fsp3) is 0.182. The van der Waals surface area contributed by atoms with Gasteiger partial charge in [0.05, 0.1) is 18.8 Å². The van der Waals surface area contributed by atoms with Crippen LogP contribution in [0.5, 0.6) is 5.75 Å².